The Kier molecular flexibility index (Phi) is 2.87. The van der Waals surface area contributed by atoms with Gasteiger partial charge in [-0.3, -0.25) is 0 Å². The summed E-state index contributed by atoms with van der Waals surface area (Å²) in [5.74, 6) is 0.591. The molecule has 0 amide bonds. The van der Waals surface area contributed by atoms with Crippen molar-refractivity contribution in [2.75, 3.05) is 13.7 Å². The second-order valence-electron chi connectivity index (χ2n) is 4.43. The lowest BCUT2D eigenvalue weighted by Crippen LogP contribution is -2.31. The number of terminal acetylenes is 1. The van der Waals surface area contributed by atoms with Gasteiger partial charge in [0.2, 0.25) is 0 Å². The Labute approximate surface area is 81.3 Å². The number of hydrogen-bond donors (Lipinski definition) is 0. The van der Waals surface area contributed by atoms with Gasteiger partial charge in [0.25, 0.3) is 0 Å². The SMILES string of the molecule is C#CN1CC(C)(OC)CC1C(C)C. The van der Waals surface area contributed by atoms with E-state index in [9.17, 15) is 0 Å². The first-order valence-corrected chi connectivity index (χ1v) is 4.80. The van der Waals surface area contributed by atoms with E-state index in [0.29, 0.717) is 12.0 Å². The van der Waals surface area contributed by atoms with Crippen LogP contribution in [0.3, 0.4) is 0 Å². The van der Waals surface area contributed by atoms with Gasteiger partial charge in [0.05, 0.1) is 12.1 Å². The van der Waals surface area contributed by atoms with Crippen molar-refractivity contribution in [3.63, 3.8) is 0 Å². The van der Waals surface area contributed by atoms with Gasteiger partial charge in [0, 0.05) is 19.2 Å². The lowest BCUT2D eigenvalue weighted by Gasteiger charge is -2.22. The molecule has 1 rings (SSSR count). The Morgan fingerprint density at radius 3 is 2.54 bits per heavy atom. The number of hydrogen-bond acceptors (Lipinski definition) is 2. The van der Waals surface area contributed by atoms with Crippen LogP contribution in [0, 0.1) is 18.4 Å². The number of ether oxygens (including phenoxy) is 1. The summed E-state index contributed by atoms with van der Waals surface area (Å²) in [4.78, 5) is 2.06. The van der Waals surface area contributed by atoms with E-state index in [1.165, 1.54) is 0 Å². The third kappa shape index (κ3) is 1.97. The van der Waals surface area contributed by atoms with E-state index < -0.39 is 0 Å². The molecule has 0 bridgehead atoms. The average molecular weight is 181 g/mol. The molecule has 2 nitrogen and oxygen atoms in total. The molecule has 1 aliphatic rings. The highest BCUT2D eigenvalue weighted by molar-refractivity contribution is 5.03. The standard InChI is InChI=1S/C11H19NO/c1-6-12-8-11(4,13-5)7-10(12)9(2)3/h1,9-10H,7-8H2,2-5H3. The van der Waals surface area contributed by atoms with Gasteiger partial charge in [-0.25, -0.2) is 0 Å². The molecule has 0 spiro atoms. The molecule has 2 heteroatoms. The molecule has 2 unspecified atom stereocenters. The van der Waals surface area contributed by atoms with Crippen molar-refractivity contribution in [3.05, 3.63) is 0 Å². The highest BCUT2D eigenvalue weighted by atomic mass is 16.5. The zero-order chi connectivity index (χ0) is 10.1. The Balaban J connectivity index is 2.73. The maximum atomic E-state index is 5.47. The topological polar surface area (TPSA) is 12.5 Å². The Morgan fingerprint density at radius 1 is 1.62 bits per heavy atom. The van der Waals surface area contributed by atoms with Gasteiger partial charge in [-0.2, -0.15) is 0 Å². The molecule has 0 aromatic rings. The van der Waals surface area contributed by atoms with Crippen molar-refractivity contribution in [1.29, 1.82) is 0 Å². The molecule has 0 radical (unpaired) electrons. The second-order valence-corrected chi connectivity index (χ2v) is 4.43. The molecule has 74 valence electrons. The first-order chi connectivity index (χ1) is 6.02. The zero-order valence-corrected chi connectivity index (χ0v) is 9.00. The predicted octanol–water partition coefficient (Wildman–Crippen LogP) is 1.71. The van der Waals surface area contributed by atoms with E-state index in [-0.39, 0.29) is 5.60 Å². The van der Waals surface area contributed by atoms with Crippen molar-refractivity contribution in [3.8, 4) is 12.5 Å². The first kappa shape index (κ1) is 10.4. The lowest BCUT2D eigenvalue weighted by molar-refractivity contribution is 0.0175. The summed E-state index contributed by atoms with van der Waals surface area (Å²) in [7, 11) is 1.76. The molecule has 1 fully saturated rings. The van der Waals surface area contributed by atoms with Gasteiger partial charge in [-0.1, -0.05) is 20.3 Å². The van der Waals surface area contributed by atoms with Crippen molar-refractivity contribution in [2.24, 2.45) is 5.92 Å². The Bertz CT molecular complexity index is 219. The quantitative estimate of drug-likeness (QED) is 0.601. The molecule has 0 N–H and O–H groups in total. The van der Waals surface area contributed by atoms with E-state index >= 15 is 0 Å². The van der Waals surface area contributed by atoms with Crippen LogP contribution in [0.1, 0.15) is 27.2 Å². The number of nitrogens with zero attached hydrogens (tertiary/aromatic N) is 1. The summed E-state index contributed by atoms with van der Waals surface area (Å²) in [6.07, 6.45) is 6.49. The molecule has 2 atom stereocenters. The Morgan fingerprint density at radius 2 is 2.23 bits per heavy atom. The molecule has 1 saturated heterocycles. The van der Waals surface area contributed by atoms with Crippen LogP contribution in [0.2, 0.25) is 0 Å². The van der Waals surface area contributed by atoms with Gasteiger partial charge in [0.1, 0.15) is 0 Å². The Hall–Kier alpha value is -0.680. The third-order valence-corrected chi connectivity index (χ3v) is 2.97. The van der Waals surface area contributed by atoms with Crippen LogP contribution in [-0.2, 0) is 4.74 Å². The first-order valence-electron chi connectivity index (χ1n) is 4.80. The molecule has 1 aliphatic heterocycles. The summed E-state index contributed by atoms with van der Waals surface area (Å²) < 4.78 is 5.47. The average Bonchev–Trinajstić information content (AvgIpc) is 2.44. The van der Waals surface area contributed by atoms with E-state index in [1.54, 1.807) is 7.11 Å². The van der Waals surface area contributed by atoms with Crippen LogP contribution in [-0.4, -0.2) is 30.2 Å². The zero-order valence-electron chi connectivity index (χ0n) is 9.00. The van der Waals surface area contributed by atoms with Crippen LogP contribution in [0.25, 0.3) is 0 Å². The van der Waals surface area contributed by atoms with E-state index in [0.717, 1.165) is 13.0 Å². The van der Waals surface area contributed by atoms with Crippen LogP contribution in [0.15, 0.2) is 0 Å². The minimum Gasteiger partial charge on any atom is -0.377 e. The number of likely N-dealkylation sites (tertiary alicyclic amines) is 1. The summed E-state index contributed by atoms with van der Waals surface area (Å²) in [5.41, 5.74) is -0.0543. The fourth-order valence-corrected chi connectivity index (χ4v) is 1.98. The maximum absolute atomic E-state index is 5.47. The highest BCUT2D eigenvalue weighted by Gasteiger charge is 2.41. The summed E-state index contributed by atoms with van der Waals surface area (Å²) in [6, 6.07) is 3.21. The van der Waals surface area contributed by atoms with Gasteiger partial charge < -0.3 is 9.64 Å². The van der Waals surface area contributed by atoms with E-state index in [1.807, 2.05) is 0 Å². The van der Waals surface area contributed by atoms with Crippen molar-refractivity contribution < 1.29 is 4.74 Å². The fraction of sp³-hybridized carbons (Fsp3) is 0.818. The molecule has 0 aromatic carbocycles. The van der Waals surface area contributed by atoms with Crippen LogP contribution >= 0.6 is 0 Å². The molecule has 13 heavy (non-hydrogen) atoms. The largest absolute Gasteiger partial charge is 0.377 e. The predicted molar refractivity (Wildman–Crippen MR) is 54.2 cm³/mol. The van der Waals surface area contributed by atoms with E-state index in [2.05, 4.69) is 31.7 Å². The third-order valence-electron chi connectivity index (χ3n) is 2.97. The number of methoxy groups -OCH3 is 1. The summed E-state index contributed by atoms with van der Waals surface area (Å²) in [6.45, 7) is 7.38. The van der Waals surface area contributed by atoms with Gasteiger partial charge in [0.15, 0.2) is 0 Å². The van der Waals surface area contributed by atoms with Crippen molar-refractivity contribution in [2.45, 2.75) is 38.8 Å². The smallest absolute Gasteiger partial charge is 0.0852 e. The van der Waals surface area contributed by atoms with Gasteiger partial charge >= 0.3 is 0 Å². The van der Waals surface area contributed by atoms with Gasteiger partial charge in [-0.15, -0.1) is 0 Å². The summed E-state index contributed by atoms with van der Waals surface area (Å²) >= 11 is 0. The lowest BCUT2D eigenvalue weighted by atomic mass is 9.96. The molecular formula is C11H19NO. The minimum absolute atomic E-state index is 0.0543. The summed E-state index contributed by atoms with van der Waals surface area (Å²) in [5, 5.41) is 0. The van der Waals surface area contributed by atoms with Crippen molar-refractivity contribution in [1.82, 2.24) is 4.90 Å². The van der Waals surface area contributed by atoms with Crippen LogP contribution in [0.4, 0.5) is 0 Å². The van der Waals surface area contributed by atoms with Gasteiger partial charge in [-0.05, 0) is 19.3 Å². The number of rotatable bonds is 2. The normalized spacial score (nSPS) is 33.8. The minimum atomic E-state index is -0.0543. The molecule has 0 aliphatic carbocycles. The fourth-order valence-electron chi connectivity index (χ4n) is 1.98. The van der Waals surface area contributed by atoms with Crippen LogP contribution in [0.5, 0.6) is 0 Å². The maximum Gasteiger partial charge on any atom is 0.0852 e. The molecule has 1 heterocycles. The molecular weight excluding hydrogens is 162 g/mol. The monoisotopic (exact) mass is 181 g/mol. The highest BCUT2D eigenvalue weighted by Crippen LogP contribution is 2.32. The molecule has 0 aromatic heterocycles. The van der Waals surface area contributed by atoms with Crippen LogP contribution < -0.4 is 0 Å². The van der Waals surface area contributed by atoms with E-state index in [4.69, 9.17) is 11.2 Å². The molecule has 0 saturated carbocycles. The van der Waals surface area contributed by atoms with Crippen molar-refractivity contribution >= 4 is 0 Å². The second kappa shape index (κ2) is 3.59.